The van der Waals surface area contributed by atoms with E-state index in [-0.39, 0.29) is 11.3 Å². The number of carbonyl (C=O) groups is 1. The zero-order valence-corrected chi connectivity index (χ0v) is 21.2. The Hall–Kier alpha value is -2.48. The Balaban J connectivity index is 1.21. The van der Waals surface area contributed by atoms with Crippen LogP contribution in [0.3, 0.4) is 0 Å². The highest BCUT2D eigenvalue weighted by molar-refractivity contribution is 7.13. The quantitative estimate of drug-likeness (QED) is 0.509. The smallest absolute Gasteiger partial charge is 0.233 e. The molecule has 0 radical (unpaired) electrons. The van der Waals surface area contributed by atoms with E-state index in [2.05, 4.69) is 66.1 Å². The molecule has 0 unspecified atom stereocenters. The summed E-state index contributed by atoms with van der Waals surface area (Å²) in [7, 11) is 1.68. The van der Waals surface area contributed by atoms with Gasteiger partial charge < -0.3 is 14.5 Å². The topological polar surface area (TPSA) is 48.9 Å². The molecule has 0 spiro atoms. The maximum absolute atomic E-state index is 13.0. The first-order valence-corrected chi connectivity index (χ1v) is 13.0. The lowest BCUT2D eigenvalue weighted by Crippen LogP contribution is -2.47. The molecule has 6 nitrogen and oxygen atoms in total. The largest absolute Gasteiger partial charge is 0.383 e. The van der Waals surface area contributed by atoms with Crippen LogP contribution in [0.5, 0.6) is 0 Å². The summed E-state index contributed by atoms with van der Waals surface area (Å²) in [6.07, 6.45) is 1.82. The van der Waals surface area contributed by atoms with Crippen molar-refractivity contribution >= 4 is 39.0 Å². The second-order valence-electron chi connectivity index (χ2n) is 10.1. The van der Waals surface area contributed by atoms with Crippen molar-refractivity contribution in [3.05, 3.63) is 53.6 Å². The predicted octanol–water partition coefficient (Wildman–Crippen LogP) is 4.22. The molecule has 5 rings (SSSR count). The highest BCUT2D eigenvalue weighted by atomic mass is 32.1. The van der Waals surface area contributed by atoms with E-state index in [0.29, 0.717) is 13.2 Å². The standard InChI is InChI=1S/C27H34N4O2S/c1-27(2)19-21-18-20(8-9-23(21)31(26(27)32)16-17-33-3)10-11-29-12-14-30(15-13-29)25-22-6-4-5-7-24(22)34-28-25/h4-9,18H,10-17,19H2,1-3H3. The zero-order chi connectivity index (χ0) is 23.7. The summed E-state index contributed by atoms with van der Waals surface area (Å²) >= 11 is 1.59. The van der Waals surface area contributed by atoms with Crippen molar-refractivity contribution < 1.29 is 9.53 Å². The molecule has 3 aromatic rings. The molecular weight excluding hydrogens is 444 g/mol. The van der Waals surface area contributed by atoms with Gasteiger partial charge in [-0.2, -0.15) is 4.37 Å². The number of hydrogen-bond acceptors (Lipinski definition) is 6. The van der Waals surface area contributed by atoms with Crippen molar-refractivity contribution in [3.8, 4) is 0 Å². The number of aromatic nitrogens is 1. The minimum atomic E-state index is -0.379. The first-order valence-electron chi connectivity index (χ1n) is 12.2. The molecule has 0 saturated carbocycles. The summed E-state index contributed by atoms with van der Waals surface area (Å²) in [6.45, 7) is 10.5. The fourth-order valence-electron chi connectivity index (χ4n) is 5.20. The molecule has 1 fully saturated rings. The van der Waals surface area contributed by atoms with E-state index in [1.165, 1.54) is 21.2 Å². The molecule has 1 aromatic heterocycles. The molecule has 3 heterocycles. The second-order valence-corrected chi connectivity index (χ2v) is 10.9. The Bertz CT molecular complexity index is 1170. The summed E-state index contributed by atoms with van der Waals surface area (Å²) in [5.74, 6) is 1.33. The number of benzene rings is 2. The second kappa shape index (κ2) is 9.64. The number of rotatable bonds is 7. The van der Waals surface area contributed by atoms with Crippen LogP contribution in [-0.2, 0) is 22.4 Å². The van der Waals surface area contributed by atoms with Crippen molar-refractivity contribution in [2.75, 3.05) is 62.8 Å². The summed E-state index contributed by atoms with van der Waals surface area (Å²) < 4.78 is 11.2. The van der Waals surface area contributed by atoms with Crippen molar-refractivity contribution in [1.82, 2.24) is 9.27 Å². The Morgan fingerprint density at radius 1 is 1.06 bits per heavy atom. The van der Waals surface area contributed by atoms with Gasteiger partial charge in [-0.15, -0.1) is 0 Å². The van der Waals surface area contributed by atoms with Crippen molar-refractivity contribution in [1.29, 1.82) is 0 Å². The van der Waals surface area contributed by atoms with Gasteiger partial charge in [0.15, 0.2) is 0 Å². The molecule has 2 aliphatic rings. The summed E-state index contributed by atoms with van der Waals surface area (Å²) in [5.41, 5.74) is 3.30. The van der Waals surface area contributed by atoms with Gasteiger partial charge in [0.1, 0.15) is 5.82 Å². The van der Waals surface area contributed by atoms with Crippen LogP contribution in [0.15, 0.2) is 42.5 Å². The van der Waals surface area contributed by atoms with E-state index in [1.807, 2.05) is 4.90 Å². The third-order valence-corrected chi connectivity index (χ3v) is 7.97. The molecule has 1 saturated heterocycles. The van der Waals surface area contributed by atoms with Crippen LogP contribution < -0.4 is 9.80 Å². The highest BCUT2D eigenvalue weighted by Crippen LogP contribution is 2.38. The van der Waals surface area contributed by atoms with Gasteiger partial charge in [0.25, 0.3) is 0 Å². The van der Waals surface area contributed by atoms with Gasteiger partial charge in [-0.25, -0.2) is 0 Å². The Morgan fingerprint density at radius 2 is 1.85 bits per heavy atom. The molecule has 180 valence electrons. The lowest BCUT2D eigenvalue weighted by molar-refractivity contribution is -0.127. The molecule has 7 heteroatoms. The molecule has 0 N–H and O–H groups in total. The fourth-order valence-corrected chi connectivity index (χ4v) is 6.00. The first kappa shape index (κ1) is 23.3. The van der Waals surface area contributed by atoms with Gasteiger partial charge in [-0.1, -0.05) is 38.1 Å². The van der Waals surface area contributed by atoms with Crippen LogP contribution in [-0.4, -0.2) is 68.2 Å². The normalized spacial score (nSPS) is 18.5. The molecule has 0 bridgehead atoms. The Morgan fingerprint density at radius 3 is 2.65 bits per heavy atom. The number of nitrogens with zero attached hydrogens (tertiary/aromatic N) is 4. The molecular formula is C27H34N4O2S. The number of piperazine rings is 1. The maximum atomic E-state index is 13.0. The van der Waals surface area contributed by atoms with E-state index in [0.717, 1.165) is 57.1 Å². The van der Waals surface area contributed by atoms with Crippen LogP contribution in [0.1, 0.15) is 25.0 Å². The highest BCUT2D eigenvalue weighted by Gasteiger charge is 2.38. The minimum Gasteiger partial charge on any atom is -0.383 e. The molecule has 34 heavy (non-hydrogen) atoms. The number of carbonyl (C=O) groups excluding carboxylic acids is 1. The monoisotopic (exact) mass is 478 g/mol. The SMILES string of the molecule is COCCN1C(=O)C(C)(C)Cc2cc(CCN3CCN(c4nsc5ccccc45)CC3)ccc21. The van der Waals surface area contributed by atoms with E-state index in [9.17, 15) is 4.79 Å². The number of anilines is 2. The van der Waals surface area contributed by atoms with Crippen LogP contribution >= 0.6 is 11.5 Å². The van der Waals surface area contributed by atoms with Crippen LogP contribution in [0.2, 0.25) is 0 Å². The van der Waals surface area contributed by atoms with Gasteiger partial charge in [-0.05, 0) is 53.7 Å². The third-order valence-electron chi connectivity index (χ3n) is 7.16. The lowest BCUT2D eigenvalue weighted by atomic mass is 9.79. The van der Waals surface area contributed by atoms with Crippen LogP contribution in [0.25, 0.3) is 10.1 Å². The van der Waals surface area contributed by atoms with Crippen LogP contribution in [0.4, 0.5) is 11.5 Å². The summed E-state index contributed by atoms with van der Waals surface area (Å²) in [6, 6.07) is 15.2. The number of amides is 1. The molecule has 1 amide bonds. The zero-order valence-electron chi connectivity index (χ0n) is 20.4. The number of fused-ring (bicyclic) bond motifs is 2. The van der Waals surface area contributed by atoms with E-state index in [4.69, 9.17) is 9.11 Å². The summed E-state index contributed by atoms with van der Waals surface area (Å²) in [4.78, 5) is 19.9. The number of methoxy groups -OCH3 is 1. The lowest BCUT2D eigenvalue weighted by Gasteiger charge is -2.39. The van der Waals surface area contributed by atoms with Gasteiger partial charge >= 0.3 is 0 Å². The maximum Gasteiger partial charge on any atom is 0.233 e. The van der Waals surface area contributed by atoms with Crippen molar-refractivity contribution in [2.24, 2.45) is 5.41 Å². The Kier molecular flexibility index (Phi) is 6.60. The predicted molar refractivity (Wildman–Crippen MR) is 140 cm³/mol. The number of ether oxygens (including phenoxy) is 1. The molecule has 2 aliphatic heterocycles. The van der Waals surface area contributed by atoms with E-state index in [1.54, 1.807) is 18.6 Å². The average Bonchev–Trinajstić information content (AvgIpc) is 3.27. The van der Waals surface area contributed by atoms with Crippen LogP contribution in [0, 0.1) is 5.41 Å². The molecule has 0 aliphatic carbocycles. The van der Waals surface area contributed by atoms with Gasteiger partial charge in [0, 0.05) is 62.9 Å². The van der Waals surface area contributed by atoms with E-state index >= 15 is 0 Å². The van der Waals surface area contributed by atoms with Gasteiger partial charge in [0.2, 0.25) is 5.91 Å². The summed E-state index contributed by atoms with van der Waals surface area (Å²) in [5, 5.41) is 1.27. The Labute approximate surface area is 206 Å². The van der Waals surface area contributed by atoms with Crippen molar-refractivity contribution in [3.63, 3.8) is 0 Å². The molecule has 2 aromatic carbocycles. The number of hydrogen-bond donors (Lipinski definition) is 0. The van der Waals surface area contributed by atoms with Gasteiger partial charge in [-0.3, -0.25) is 9.69 Å². The first-order chi connectivity index (χ1) is 16.5. The molecule has 0 atom stereocenters. The van der Waals surface area contributed by atoms with Crippen molar-refractivity contribution in [2.45, 2.75) is 26.7 Å². The average molecular weight is 479 g/mol. The minimum absolute atomic E-state index is 0.190. The van der Waals surface area contributed by atoms with Gasteiger partial charge in [0.05, 0.1) is 11.3 Å². The fraction of sp³-hybridized carbons (Fsp3) is 0.481. The van der Waals surface area contributed by atoms with E-state index < -0.39 is 0 Å². The third kappa shape index (κ3) is 4.57.